The van der Waals surface area contributed by atoms with E-state index in [2.05, 4.69) is 13.0 Å². The number of hydrogen-bond donors (Lipinski definition) is 2. The van der Waals surface area contributed by atoms with Gasteiger partial charge in [-0.15, -0.1) is 12.4 Å². The average molecular weight is 282 g/mol. The van der Waals surface area contributed by atoms with Crippen molar-refractivity contribution in [2.75, 3.05) is 0 Å². The van der Waals surface area contributed by atoms with Gasteiger partial charge in [-0.25, -0.2) is 0 Å². The number of halogens is 1. The molecule has 106 valence electrons. The first-order valence-electron chi connectivity index (χ1n) is 7.19. The van der Waals surface area contributed by atoms with Crippen LogP contribution in [0.3, 0.4) is 0 Å². The quantitative estimate of drug-likeness (QED) is 0.764. The van der Waals surface area contributed by atoms with Gasteiger partial charge in [-0.05, 0) is 48.4 Å². The van der Waals surface area contributed by atoms with Crippen LogP contribution in [0, 0.1) is 5.92 Å². The highest BCUT2D eigenvalue weighted by atomic mass is 35.5. The predicted octanol–water partition coefficient (Wildman–Crippen LogP) is 3.54. The van der Waals surface area contributed by atoms with Crippen LogP contribution in [0.4, 0.5) is 0 Å². The fraction of sp³-hybridized carbons (Fsp3) is 0.625. The van der Waals surface area contributed by atoms with E-state index in [1.165, 1.54) is 36.8 Å². The van der Waals surface area contributed by atoms with Crippen molar-refractivity contribution in [2.24, 2.45) is 11.7 Å². The van der Waals surface area contributed by atoms with Crippen molar-refractivity contribution in [2.45, 2.75) is 56.9 Å². The number of fused-ring (bicyclic) bond motifs is 4. The van der Waals surface area contributed by atoms with Crippen LogP contribution in [0.15, 0.2) is 18.2 Å². The molecule has 0 heterocycles. The molecule has 1 aromatic rings. The molecule has 1 saturated carbocycles. The summed E-state index contributed by atoms with van der Waals surface area (Å²) in [7, 11) is 0. The summed E-state index contributed by atoms with van der Waals surface area (Å²) in [6.07, 6.45) is 7.41. The van der Waals surface area contributed by atoms with Crippen LogP contribution in [0.1, 0.15) is 50.2 Å². The summed E-state index contributed by atoms with van der Waals surface area (Å²) in [5.41, 5.74) is 9.33. The zero-order valence-electron chi connectivity index (χ0n) is 11.6. The van der Waals surface area contributed by atoms with Crippen molar-refractivity contribution in [3.05, 3.63) is 29.3 Å². The van der Waals surface area contributed by atoms with Gasteiger partial charge in [0.2, 0.25) is 0 Å². The van der Waals surface area contributed by atoms with Crippen molar-refractivity contribution in [1.82, 2.24) is 0 Å². The molecule has 2 bridgehead atoms. The van der Waals surface area contributed by atoms with Crippen molar-refractivity contribution < 1.29 is 5.11 Å². The Balaban J connectivity index is 0.00000133. The van der Waals surface area contributed by atoms with E-state index in [9.17, 15) is 5.11 Å². The topological polar surface area (TPSA) is 46.2 Å². The van der Waals surface area contributed by atoms with Crippen LogP contribution in [0.2, 0.25) is 0 Å². The number of phenols is 1. The Kier molecular flexibility index (Phi) is 4.12. The molecule has 0 radical (unpaired) electrons. The number of hydrogen-bond acceptors (Lipinski definition) is 2. The number of rotatable bonds is 0. The molecule has 3 N–H and O–H groups in total. The number of benzene rings is 1. The Hall–Kier alpha value is -0.730. The van der Waals surface area contributed by atoms with Crippen LogP contribution in [-0.4, -0.2) is 11.1 Å². The van der Waals surface area contributed by atoms with E-state index >= 15 is 0 Å². The van der Waals surface area contributed by atoms with E-state index in [1.54, 1.807) is 0 Å². The highest BCUT2D eigenvalue weighted by Gasteiger charge is 2.43. The lowest BCUT2D eigenvalue weighted by Crippen LogP contribution is -2.52. The van der Waals surface area contributed by atoms with E-state index in [-0.39, 0.29) is 23.9 Å². The standard InChI is InChI=1S/C16H23NO.ClH/c1-16-8-4-2-3-5-12(15(16)17)9-11-6-7-13(18)10-14(11)16;/h6-7,10,12,15,18H,2-5,8-9,17H2,1H3;1H/t12-,15+,16+;/m0./s1. The van der Waals surface area contributed by atoms with Crippen molar-refractivity contribution in [3.63, 3.8) is 0 Å². The van der Waals surface area contributed by atoms with E-state index in [0.717, 1.165) is 12.8 Å². The van der Waals surface area contributed by atoms with Crippen LogP contribution in [-0.2, 0) is 11.8 Å². The third-order valence-corrected chi connectivity index (χ3v) is 5.21. The first kappa shape index (κ1) is 14.7. The van der Waals surface area contributed by atoms with Crippen LogP contribution >= 0.6 is 12.4 Å². The minimum absolute atomic E-state index is 0. The van der Waals surface area contributed by atoms with Gasteiger partial charge < -0.3 is 10.8 Å². The molecule has 0 aliphatic heterocycles. The van der Waals surface area contributed by atoms with Gasteiger partial charge in [0.25, 0.3) is 0 Å². The van der Waals surface area contributed by atoms with Gasteiger partial charge in [0.1, 0.15) is 5.75 Å². The minimum atomic E-state index is 0. The first-order chi connectivity index (χ1) is 8.61. The third kappa shape index (κ3) is 2.36. The van der Waals surface area contributed by atoms with Crippen LogP contribution in [0.25, 0.3) is 0 Å². The molecule has 2 aliphatic rings. The lowest BCUT2D eigenvalue weighted by atomic mass is 9.60. The Bertz CT molecular complexity index is 462. The summed E-state index contributed by atoms with van der Waals surface area (Å²) in [4.78, 5) is 0. The Morgan fingerprint density at radius 2 is 2.05 bits per heavy atom. The molecule has 3 atom stereocenters. The van der Waals surface area contributed by atoms with Gasteiger partial charge in [-0.1, -0.05) is 32.3 Å². The maximum absolute atomic E-state index is 9.77. The molecule has 0 amide bonds. The molecule has 2 nitrogen and oxygen atoms in total. The van der Waals surface area contributed by atoms with Gasteiger partial charge in [-0.3, -0.25) is 0 Å². The highest BCUT2D eigenvalue weighted by molar-refractivity contribution is 5.85. The molecular weight excluding hydrogens is 258 g/mol. The van der Waals surface area contributed by atoms with Crippen LogP contribution in [0.5, 0.6) is 5.75 Å². The second-order valence-corrected chi connectivity index (χ2v) is 6.35. The molecule has 0 unspecified atom stereocenters. The zero-order valence-corrected chi connectivity index (χ0v) is 12.4. The summed E-state index contributed by atoms with van der Waals surface area (Å²) < 4.78 is 0. The molecule has 0 aromatic heterocycles. The number of phenolic OH excluding ortho intramolecular Hbond substituents is 1. The Labute approximate surface area is 121 Å². The van der Waals surface area contributed by atoms with E-state index in [1.807, 2.05) is 12.1 Å². The molecule has 0 saturated heterocycles. The SMILES string of the molecule is C[C@@]12CCCCC[C@@H](Cc3ccc(O)cc31)[C@H]2N.Cl. The maximum Gasteiger partial charge on any atom is 0.115 e. The molecular formula is C16H24ClNO. The third-order valence-electron chi connectivity index (χ3n) is 5.21. The monoisotopic (exact) mass is 281 g/mol. The van der Waals surface area contributed by atoms with Gasteiger partial charge in [0, 0.05) is 11.5 Å². The molecule has 3 rings (SSSR count). The summed E-state index contributed by atoms with van der Waals surface area (Å²) >= 11 is 0. The fourth-order valence-electron chi connectivity index (χ4n) is 4.04. The molecule has 0 spiro atoms. The minimum Gasteiger partial charge on any atom is -0.508 e. The molecule has 2 aliphatic carbocycles. The van der Waals surface area contributed by atoms with Gasteiger partial charge in [0.05, 0.1) is 0 Å². The number of aromatic hydroxyl groups is 1. The summed E-state index contributed by atoms with van der Waals surface area (Å²) in [6, 6.07) is 6.11. The normalized spacial score (nSPS) is 33.6. The summed E-state index contributed by atoms with van der Waals surface area (Å²) in [5, 5.41) is 9.77. The molecule has 1 aromatic carbocycles. The van der Waals surface area contributed by atoms with Crippen LogP contribution < -0.4 is 5.73 Å². The number of nitrogens with two attached hydrogens (primary N) is 1. The second-order valence-electron chi connectivity index (χ2n) is 6.35. The Morgan fingerprint density at radius 3 is 2.84 bits per heavy atom. The average Bonchev–Trinajstić information content (AvgIpc) is 2.35. The van der Waals surface area contributed by atoms with Crippen molar-refractivity contribution in [3.8, 4) is 5.75 Å². The zero-order chi connectivity index (χ0) is 12.8. The lowest BCUT2D eigenvalue weighted by Gasteiger charge is -2.47. The smallest absolute Gasteiger partial charge is 0.115 e. The largest absolute Gasteiger partial charge is 0.508 e. The molecule has 19 heavy (non-hydrogen) atoms. The van der Waals surface area contributed by atoms with Crippen molar-refractivity contribution >= 4 is 12.4 Å². The van der Waals surface area contributed by atoms with Gasteiger partial charge >= 0.3 is 0 Å². The van der Waals surface area contributed by atoms with E-state index in [4.69, 9.17) is 5.73 Å². The lowest BCUT2D eigenvalue weighted by molar-refractivity contribution is 0.201. The molecule has 3 heteroatoms. The van der Waals surface area contributed by atoms with Gasteiger partial charge in [0.15, 0.2) is 0 Å². The Morgan fingerprint density at radius 1 is 1.26 bits per heavy atom. The maximum atomic E-state index is 9.77. The first-order valence-corrected chi connectivity index (χ1v) is 7.19. The van der Waals surface area contributed by atoms with E-state index in [0.29, 0.717) is 11.7 Å². The predicted molar refractivity (Wildman–Crippen MR) is 81.0 cm³/mol. The fourth-order valence-corrected chi connectivity index (χ4v) is 4.04. The highest BCUT2D eigenvalue weighted by Crippen LogP contribution is 2.46. The summed E-state index contributed by atoms with van der Waals surface area (Å²) in [5.74, 6) is 0.995. The second kappa shape index (κ2) is 5.34. The molecule has 1 fully saturated rings. The van der Waals surface area contributed by atoms with Crippen molar-refractivity contribution in [1.29, 1.82) is 0 Å². The van der Waals surface area contributed by atoms with Gasteiger partial charge in [-0.2, -0.15) is 0 Å². The summed E-state index contributed by atoms with van der Waals surface area (Å²) in [6.45, 7) is 2.30. The van der Waals surface area contributed by atoms with E-state index < -0.39 is 0 Å².